The minimum Gasteiger partial charge on any atom is -0.335 e. The maximum Gasteiger partial charge on any atom is 0.249 e. The van der Waals surface area contributed by atoms with E-state index >= 15 is 0 Å². The first-order valence-corrected chi connectivity index (χ1v) is 6.92. The molecule has 1 aliphatic rings. The number of rotatable bonds is 5. The van der Waals surface area contributed by atoms with Crippen molar-refractivity contribution in [3.05, 3.63) is 23.9 Å². The van der Waals surface area contributed by atoms with Crippen LogP contribution < -0.4 is 15.5 Å². The van der Waals surface area contributed by atoms with Gasteiger partial charge in [-0.15, -0.1) is 0 Å². The summed E-state index contributed by atoms with van der Waals surface area (Å²) in [6, 6.07) is 3.49. The first-order chi connectivity index (χ1) is 9.67. The molecule has 20 heavy (non-hydrogen) atoms. The molecule has 6 heteroatoms. The van der Waals surface area contributed by atoms with Crippen molar-refractivity contribution >= 4 is 17.6 Å². The lowest BCUT2D eigenvalue weighted by Crippen LogP contribution is -2.58. The van der Waals surface area contributed by atoms with Gasteiger partial charge >= 0.3 is 0 Å². The van der Waals surface area contributed by atoms with Crippen LogP contribution in [0.4, 0.5) is 5.82 Å². The third-order valence-electron chi connectivity index (χ3n) is 3.35. The zero-order valence-corrected chi connectivity index (χ0v) is 11.8. The molecule has 1 aromatic rings. The van der Waals surface area contributed by atoms with Crippen molar-refractivity contribution in [1.29, 1.82) is 0 Å². The smallest absolute Gasteiger partial charge is 0.249 e. The van der Waals surface area contributed by atoms with Gasteiger partial charge in [0.1, 0.15) is 11.9 Å². The highest BCUT2D eigenvalue weighted by Crippen LogP contribution is 2.22. The van der Waals surface area contributed by atoms with Gasteiger partial charge in [0.2, 0.25) is 11.8 Å². The van der Waals surface area contributed by atoms with Gasteiger partial charge in [-0.05, 0) is 19.0 Å². The summed E-state index contributed by atoms with van der Waals surface area (Å²) in [5.41, 5.74) is 0.996. The van der Waals surface area contributed by atoms with E-state index in [1.165, 1.54) is 0 Å². The molecule has 0 aliphatic carbocycles. The average Bonchev–Trinajstić information content (AvgIpc) is 2.44. The minimum atomic E-state index is -0.344. The van der Waals surface area contributed by atoms with Gasteiger partial charge < -0.3 is 10.2 Å². The zero-order valence-electron chi connectivity index (χ0n) is 11.8. The number of amides is 2. The predicted molar refractivity (Wildman–Crippen MR) is 76.2 cm³/mol. The molecule has 6 nitrogen and oxygen atoms in total. The van der Waals surface area contributed by atoms with E-state index in [9.17, 15) is 9.59 Å². The van der Waals surface area contributed by atoms with Crippen molar-refractivity contribution in [3.8, 4) is 0 Å². The molecule has 1 atom stereocenters. The molecule has 1 aliphatic heterocycles. The molecule has 2 rings (SSSR count). The molecule has 0 spiro atoms. The van der Waals surface area contributed by atoms with Crippen LogP contribution in [0, 0.1) is 0 Å². The van der Waals surface area contributed by atoms with Crippen LogP contribution in [0.5, 0.6) is 0 Å². The number of carbonyl (C=O) groups excluding carboxylic acids is 2. The lowest BCUT2D eigenvalue weighted by Gasteiger charge is -2.35. The Kier molecular flexibility index (Phi) is 4.68. The summed E-state index contributed by atoms with van der Waals surface area (Å²) in [4.78, 5) is 29.7. The molecule has 1 saturated heterocycles. The van der Waals surface area contributed by atoms with E-state index in [-0.39, 0.29) is 24.4 Å². The third-order valence-corrected chi connectivity index (χ3v) is 3.35. The third kappa shape index (κ3) is 2.96. The SMILES string of the molecule is CCNCc1cccnc1N1CC(=O)NC(=O)C1CC. The zero-order chi connectivity index (χ0) is 14.5. The van der Waals surface area contributed by atoms with Crippen molar-refractivity contribution in [3.63, 3.8) is 0 Å². The maximum absolute atomic E-state index is 11.9. The topological polar surface area (TPSA) is 74.3 Å². The van der Waals surface area contributed by atoms with Crippen LogP contribution in [0.15, 0.2) is 18.3 Å². The van der Waals surface area contributed by atoms with Gasteiger partial charge in [0.15, 0.2) is 0 Å². The molecule has 2 amide bonds. The minimum absolute atomic E-state index is 0.167. The summed E-state index contributed by atoms with van der Waals surface area (Å²) in [5.74, 6) is 0.187. The Bertz CT molecular complexity index is 504. The fourth-order valence-corrected chi connectivity index (χ4v) is 2.38. The van der Waals surface area contributed by atoms with Gasteiger partial charge in [0.25, 0.3) is 0 Å². The van der Waals surface area contributed by atoms with Crippen LogP contribution in [0.25, 0.3) is 0 Å². The lowest BCUT2D eigenvalue weighted by atomic mass is 10.1. The Hall–Kier alpha value is -1.95. The molecule has 0 radical (unpaired) electrons. The van der Waals surface area contributed by atoms with Gasteiger partial charge in [-0.3, -0.25) is 14.9 Å². The van der Waals surface area contributed by atoms with Crippen molar-refractivity contribution in [2.24, 2.45) is 0 Å². The predicted octanol–water partition coefficient (Wildman–Crippen LogP) is 0.432. The molecule has 0 bridgehead atoms. The lowest BCUT2D eigenvalue weighted by molar-refractivity contribution is -0.132. The number of nitrogens with zero attached hydrogens (tertiary/aromatic N) is 2. The van der Waals surface area contributed by atoms with Crippen molar-refractivity contribution < 1.29 is 9.59 Å². The Morgan fingerprint density at radius 1 is 1.45 bits per heavy atom. The Morgan fingerprint density at radius 3 is 2.95 bits per heavy atom. The number of nitrogens with one attached hydrogen (secondary N) is 2. The van der Waals surface area contributed by atoms with Crippen molar-refractivity contribution in [1.82, 2.24) is 15.6 Å². The summed E-state index contributed by atoms with van der Waals surface area (Å²) < 4.78 is 0. The van der Waals surface area contributed by atoms with E-state index in [2.05, 4.69) is 15.6 Å². The van der Waals surface area contributed by atoms with Gasteiger partial charge in [-0.2, -0.15) is 0 Å². The van der Waals surface area contributed by atoms with Crippen LogP contribution >= 0.6 is 0 Å². The fourth-order valence-electron chi connectivity index (χ4n) is 2.38. The molecule has 0 saturated carbocycles. The van der Waals surface area contributed by atoms with Crippen molar-refractivity contribution in [2.45, 2.75) is 32.9 Å². The first kappa shape index (κ1) is 14.5. The first-order valence-electron chi connectivity index (χ1n) is 6.92. The quantitative estimate of drug-likeness (QED) is 0.763. The molecule has 2 N–H and O–H groups in total. The molecule has 1 fully saturated rings. The highest BCUT2D eigenvalue weighted by Gasteiger charge is 2.34. The van der Waals surface area contributed by atoms with Crippen LogP contribution in [0.2, 0.25) is 0 Å². The molecule has 2 heterocycles. The summed E-state index contributed by atoms with van der Waals surface area (Å²) in [6.45, 7) is 5.65. The van der Waals surface area contributed by atoms with Crippen LogP contribution in [0.1, 0.15) is 25.8 Å². The molecule has 1 aromatic heterocycles. The van der Waals surface area contributed by atoms with E-state index in [1.807, 2.05) is 26.0 Å². The fraction of sp³-hybridized carbons (Fsp3) is 0.500. The second-order valence-corrected chi connectivity index (χ2v) is 4.73. The Balaban J connectivity index is 2.32. The number of anilines is 1. The Labute approximate surface area is 118 Å². The van der Waals surface area contributed by atoms with Gasteiger partial charge in [-0.25, -0.2) is 4.98 Å². The van der Waals surface area contributed by atoms with Crippen LogP contribution in [-0.4, -0.2) is 35.9 Å². The second kappa shape index (κ2) is 6.47. The molecular weight excluding hydrogens is 256 g/mol. The maximum atomic E-state index is 11.9. The van der Waals surface area contributed by atoms with Gasteiger partial charge in [-0.1, -0.05) is 19.9 Å². The molecule has 0 aromatic carbocycles. The summed E-state index contributed by atoms with van der Waals surface area (Å²) in [5, 5.41) is 5.63. The highest BCUT2D eigenvalue weighted by molar-refractivity contribution is 6.04. The van der Waals surface area contributed by atoms with Crippen molar-refractivity contribution in [2.75, 3.05) is 18.0 Å². The summed E-state index contributed by atoms with van der Waals surface area (Å²) in [6.07, 6.45) is 2.32. The van der Waals surface area contributed by atoms with E-state index in [0.29, 0.717) is 18.8 Å². The molecule has 108 valence electrons. The van der Waals surface area contributed by atoms with Gasteiger partial charge in [0.05, 0.1) is 6.54 Å². The largest absolute Gasteiger partial charge is 0.335 e. The van der Waals surface area contributed by atoms with E-state index in [1.54, 1.807) is 11.1 Å². The van der Waals surface area contributed by atoms with E-state index < -0.39 is 0 Å². The Morgan fingerprint density at radius 2 is 2.25 bits per heavy atom. The average molecular weight is 276 g/mol. The number of hydrogen-bond donors (Lipinski definition) is 2. The number of piperazine rings is 1. The second-order valence-electron chi connectivity index (χ2n) is 4.73. The number of hydrogen-bond acceptors (Lipinski definition) is 5. The van der Waals surface area contributed by atoms with E-state index in [4.69, 9.17) is 0 Å². The van der Waals surface area contributed by atoms with Crippen LogP contribution in [-0.2, 0) is 16.1 Å². The molecular formula is C14H20N4O2. The number of aromatic nitrogens is 1. The summed E-state index contributed by atoms with van der Waals surface area (Å²) >= 11 is 0. The van der Waals surface area contributed by atoms with Gasteiger partial charge in [0, 0.05) is 18.3 Å². The normalized spacial score (nSPS) is 19.1. The molecule has 1 unspecified atom stereocenters. The summed E-state index contributed by atoms with van der Waals surface area (Å²) in [7, 11) is 0. The monoisotopic (exact) mass is 276 g/mol. The number of carbonyl (C=O) groups is 2. The van der Waals surface area contributed by atoms with Crippen LogP contribution in [0.3, 0.4) is 0 Å². The highest BCUT2D eigenvalue weighted by atomic mass is 16.2. The number of imide groups is 1. The number of pyridine rings is 1. The standard InChI is InChI=1S/C14H20N4O2/c1-3-11-14(20)17-12(19)9-18(11)13-10(8-15-4-2)6-5-7-16-13/h5-7,11,15H,3-4,8-9H2,1-2H3,(H,17,19,20). The van der Waals surface area contributed by atoms with E-state index in [0.717, 1.165) is 12.1 Å².